The van der Waals surface area contributed by atoms with Crippen molar-refractivity contribution in [2.24, 2.45) is 4.99 Å². The van der Waals surface area contributed by atoms with Gasteiger partial charge in [0.25, 0.3) is 0 Å². The van der Waals surface area contributed by atoms with E-state index in [9.17, 15) is 8.42 Å². The summed E-state index contributed by atoms with van der Waals surface area (Å²) in [4.78, 5) is 4.51. The molecule has 140 valence electrons. The quantitative estimate of drug-likeness (QED) is 0.600. The lowest BCUT2D eigenvalue weighted by atomic mass is 10.1. The molecular weight excluding hydrogens is 348 g/mol. The van der Waals surface area contributed by atoms with Crippen LogP contribution in [0.2, 0.25) is 0 Å². The molecule has 0 aliphatic rings. The van der Waals surface area contributed by atoms with Crippen molar-refractivity contribution in [3.05, 3.63) is 65.2 Å². The number of benzene rings is 2. The van der Waals surface area contributed by atoms with Gasteiger partial charge in [0.15, 0.2) is 5.96 Å². The monoisotopic (exact) mass is 374 g/mol. The van der Waals surface area contributed by atoms with Crippen LogP contribution in [0.3, 0.4) is 0 Å². The lowest BCUT2D eigenvalue weighted by Crippen LogP contribution is -2.36. The van der Waals surface area contributed by atoms with Crippen LogP contribution in [0.4, 0.5) is 0 Å². The Morgan fingerprint density at radius 2 is 1.62 bits per heavy atom. The van der Waals surface area contributed by atoms with Gasteiger partial charge in [0.1, 0.15) is 0 Å². The SMILES string of the molecule is CN=C(NCc1ccc(S(=O)(=O)N(C)C)cc1)NCc1ccccc1C. The zero-order chi connectivity index (χ0) is 19.2. The Labute approximate surface area is 156 Å². The number of rotatable bonds is 6. The summed E-state index contributed by atoms with van der Waals surface area (Å²) in [5.41, 5.74) is 3.42. The highest BCUT2D eigenvalue weighted by Gasteiger charge is 2.16. The van der Waals surface area contributed by atoms with Crippen LogP contribution in [0.25, 0.3) is 0 Å². The first-order valence-corrected chi connectivity index (χ1v) is 9.79. The number of aliphatic imine (C=N–C) groups is 1. The molecule has 26 heavy (non-hydrogen) atoms. The minimum absolute atomic E-state index is 0.285. The molecule has 2 aromatic carbocycles. The van der Waals surface area contributed by atoms with Crippen molar-refractivity contribution in [2.45, 2.75) is 24.9 Å². The van der Waals surface area contributed by atoms with Gasteiger partial charge >= 0.3 is 0 Å². The average Bonchev–Trinajstić information content (AvgIpc) is 2.63. The van der Waals surface area contributed by atoms with Gasteiger partial charge in [0.05, 0.1) is 4.90 Å². The second-order valence-electron chi connectivity index (χ2n) is 6.14. The largest absolute Gasteiger partial charge is 0.352 e. The van der Waals surface area contributed by atoms with Gasteiger partial charge in [-0.15, -0.1) is 0 Å². The summed E-state index contributed by atoms with van der Waals surface area (Å²) in [6.45, 7) is 3.32. The van der Waals surface area contributed by atoms with E-state index < -0.39 is 10.0 Å². The van der Waals surface area contributed by atoms with Gasteiger partial charge in [-0.25, -0.2) is 12.7 Å². The normalized spacial score (nSPS) is 12.3. The van der Waals surface area contributed by atoms with Gasteiger partial charge in [-0.1, -0.05) is 36.4 Å². The summed E-state index contributed by atoms with van der Waals surface area (Å²) >= 11 is 0. The summed E-state index contributed by atoms with van der Waals surface area (Å²) < 4.78 is 25.4. The molecule has 0 amide bonds. The molecule has 0 fully saturated rings. The number of hydrogen-bond donors (Lipinski definition) is 2. The lowest BCUT2D eigenvalue weighted by Gasteiger charge is -2.14. The molecule has 0 bridgehead atoms. The van der Waals surface area contributed by atoms with E-state index in [1.165, 1.54) is 29.5 Å². The molecule has 0 aromatic heterocycles. The molecule has 0 saturated heterocycles. The van der Waals surface area contributed by atoms with Gasteiger partial charge in [0, 0.05) is 34.2 Å². The molecule has 6 nitrogen and oxygen atoms in total. The molecule has 2 aromatic rings. The Hall–Kier alpha value is -2.38. The van der Waals surface area contributed by atoms with Crippen molar-refractivity contribution >= 4 is 16.0 Å². The molecule has 2 N–H and O–H groups in total. The molecule has 0 saturated carbocycles. The van der Waals surface area contributed by atoms with Gasteiger partial charge < -0.3 is 10.6 Å². The predicted octanol–water partition coefficient (Wildman–Crippen LogP) is 2.11. The highest BCUT2D eigenvalue weighted by Crippen LogP contribution is 2.14. The van der Waals surface area contributed by atoms with Crippen LogP contribution in [0.1, 0.15) is 16.7 Å². The van der Waals surface area contributed by atoms with Crippen LogP contribution in [-0.2, 0) is 23.1 Å². The predicted molar refractivity (Wildman–Crippen MR) is 106 cm³/mol. The van der Waals surface area contributed by atoms with Gasteiger partial charge in [0.2, 0.25) is 10.0 Å². The average molecular weight is 375 g/mol. The van der Waals surface area contributed by atoms with Crippen LogP contribution < -0.4 is 10.6 Å². The van der Waals surface area contributed by atoms with E-state index >= 15 is 0 Å². The van der Waals surface area contributed by atoms with Crippen molar-refractivity contribution in [3.8, 4) is 0 Å². The standard InChI is InChI=1S/C19H26N4O2S/c1-15-7-5-6-8-17(15)14-22-19(20-2)21-13-16-9-11-18(12-10-16)26(24,25)23(3)4/h5-12H,13-14H2,1-4H3,(H2,20,21,22). The van der Waals surface area contributed by atoms with Crippen molar-refractivity contribution < 1.29 is 8.42 Å². The molecule has 7 heteroatoms. The Bertz CT molecular complexity index is 859. The summed E-state index contributed by atoms with van der Waals surface area (Å²) in [7, 11) is 1.37. The van der Waals surface area contributed by atoms with Crippen LogP contribution in [0, 0.1) is 6.92 Å². The summed E-state index contributed by atoms with van der Waals surface area (Å²) in [5.74, 6) is 0.693. The molecule has 0 heterocycles. The third kappa shape index (κ3) is 5.06. The Kier molecular flexibility index (Phi) is 6.76. The Balaban J connectivity index is 1.93. The molecule has 0 aliphatic heterocycles. The Morgan fingerprint density at radius 1 is 1.00 bits per heavy atom. The lowest BCUT2D eigenvalue weighted by molar-refractivity contribution is 0.520. The molecule has 0 aliphatic carbocycles. The molecule has 0 unspecified atom stereocenters. The van der Waals surface area contributed by atoms with E-state index in [0.29, 0.717) is 19.0 Å². The molecule has 2 rings (SSSR count). The fourth-order valence-electron chi connectivity index (χ4n) is 2.38. The van der Waals surface area contributed by atoms with Crippen LogP contribution in [0.15, 0.2) is 58.4 Å². The first-order chi connectivity index (χ1) is 12.3. The van der Waals surface area contributed by atoms with Gasteiger partial charge in [-0.3, -0.25) is 4.99 Å². The summed E-state index contributed by atoms with van der Waals surface area (Å²) in [6, 6.07) is 15.0. The van der Waals surface area contributed by atoms with Crippen molar-refractivity contribution in [3.63, 3.8) is 0 Å². The summed E-state index contributed by atoms with van der Waals surface area (Å²) in [6.07, 6.45) is 0. The smallest absolute Gasteiger partial charge is 0.242 e. The topological polar surface area (TPSA) is 73.8 Å². The molecule has 0 radical (unpaired) electrons. The fourth-order valence-corrected chi connectivity index (χ4v) is 3.29. The fraction of sp³-hybridized carbons (Fsp3) is 0.316. The van der Waals surface area contributed by atoms with E-state index in [1.807, 2.05) is 12.1 Å². The van der Waals surface area contributed by atoms with Crippen molar-refractivity contribution in [1.29, 1.82) is 0 Å². The van der Waals surface area contributed by atoms with Crippen molar-refractivity contribution in [1.82, 2.24) is 14.9 Å². The van der Waals surface area contributed by atoms with Gasteiger partial charge in [-0.05, 0) is 35.7 Å². The van der Waals surface area contributed by atoms with Gasteiger partial charge in [-0.2, -0.15) is 0 Å². The zero-order valence-electron chi connectivity index (χ0n) is 15.7. The molecule has 0 spiro atoms. The Morgan fingerprint density at radius 3 is 2.19 bits per heavy atom. The molecule has 0 atom stereocenters. The minimum atomic E-state index is -3.40. The molecular formula is C19H26N4O2S. The second-order valence-corrected chi connectivity index (χ2v) is 8.29. The number of nitrogens with one attached hydrogen (secondary N) is 2. The maximum absolute atomic E-state index is 12.1. The first-order valence-electron chi connectivity index (χ1n) is 8.35. The van der Waals surface area contributed by atoms with Crippen LogP contribution in [0.5, 0.6) is 0 Å². The number of sulfonamides is 1. The van der Waals surface area contributed by atoms with Crippen molar-refractivity contribution in [2.75, 3.05) is 21.1 Å². The third-order valence-electron chi connectivity index (χ3n) is 4.09. The van der Waals surface area contributed by atoms with Crippen LogP contribution in [-0.4, -0.2) is 39.8 Å². The maximum Gasteiger partial charge on any atom is 0.242 e. The number of hydrogen-bond acceptors (Lipinski definition) is 3. The highest BCUT2D eigenvalue weighted by molar-refractivity contribution is 7.89. The number of aryl methyl sites for hydroxylation is 1. The van der Waals surface area contributed by atoms with E-state index in [0.717, 1.165) is 5.56 Å². The van der Waals surface area contributed by atoms with Crippen LogP contribution >= 0.6 is 0 Å². The first kappa shape index (κ1) is 19.9. The second kappa shape index (κ2) is 8.82. The maximum atomic E-state index is 12.1. The van der Waals surface area contributed by atoms with E-state index in [-0.39, 0.29) is 4.90 Å². The number of nitrogens with zero attached hydrogens (tertiary/aromatic N) is 2. The highest BCUT2D eigenvalue weighted by atomic mass is 32.2. The zero-order valence-corrected chi connectivity index (χ0v) is 16.5. The number of guanidine groups is 1. The minimum Gasteiger partial charge on any atom is -0.352 e. The van der Waals surface area contributed by atoms with E-state index in [4.69, 9.17) is 0 Å². The van der Waals surface area contributed by atoms with E-state index in [1.54, 1.807) is 31.3 Å². The third-order valence-corrected chi connectivity index (χ3v) is 5.92. The summed E-state index contributed by atoms with van der Waals surface area (Å²) in [5, 5.41) is 6.52. The van der Waals surface area contributed by atoms with E-state index in [2.05, 4.69) is 34.7 Å².